The standard InChI is InChI=1S/C67H44N6O2/c1-43-32-33-49(41-56(43)55-28-14-15-30-58(55)74-53-37-34-48(35-38-53)66-70-62(44-18-6-2-7-19-44)68-63(71-66)45-20-8-3-9-21-45)50-36-39-59-57(42-50)61-54(29-17-31-60(61)75-59)51-26-16-27-52(40-51)67-72-64(46-22-10-4-11-23-46)69-65(73-67)47-24-12-5-13-25-47/h2-42H,1H3. The molecule has 0 N–H and O–H groups in total. The molecular weight excluding hydrogens is 921 g/mol. The van der Waals surface area contributed by atoms with E-state index in [1.165, 1.54) is 0 Å². The molecule has 0 fully saturated rings. The molecule has 3 aromatic heterocycles. The van der Waals surface area contributed by atoms with Gasteiger partial charge >= 0.3 is 0 Å². The summed E-state index contributed by atoms with van der Waals surface area (Å²) in [5, 5.41) is 2.07. The largest absolute Gasteiger partial charge is 0.457 e. The van der Waals surface area contributed by atoms with Crippen molar-refractivity contribution in [2.24, 2.45) is 0 Å². The molecule has 0 radical (unpaired) electrons. The zero-order valence-corrected chi connectivity index (χ0v) is 40.7. The molecule has 0 amide bonds. The van der Waals surface area contributed by atoms with Crippen molar-refractivity contribution in [3.05, 3.63) is 254 Å². The predicted molar refractivity (Wildman–Crippen MR) is 301 cm³/mol. The van der Waals surface area contributed by atoms with Crippen LogP contribution in [0.1, 0.15) is 5.56 Å². The van der Waals surface area contributed by atoms with E-state index in [9.17, 15) is 0 Å². The van der Waals surface area contributed by atoms with E-state index in [1.807, 2.05) is 164 Å². The number of ether oxygens (including phenoxy) is 1. The summed E-state index contributed by atoms with van der Waals surface area (Å²) >= 11 is 0. The summed E-state index contributed by atoms with van der Waals surface area (Å²) in [6.45, 7) is 2.14. The van der Waals surface area contributed by atoms with E-state index >= 15 is 0 Å². The van der Waals surface area contributed by atoms with Crippen molar-refractivity contribution in [3.8, 4) is 113 Å². The second-order valence-electron chi connectivity index (χ2n) is 18.3. The second kappa shape index (κ2) is 19.4. The number of para-hydroxylation sites is 1. The highest BCUT2D eigenvalue weighted by Gasteiger charge is 2.19. The Labute approximate surface area is 433 Å². The Kier molecular flexibility index (Phi) is 11.6. The Morgan fingerprint density at radius 1 is 0.293 bits per heavy atom. The van der Waals surface area contributed by atoms with Crippen LogP contribution < -0.4 is 4.74 Å². The molecule has 8 heteroatoms. The summed E-state index contributed by atoms with van der Waals surface area (Å²) in [6.07, 6.45) is 0. The van der Waals surface area contributed by atoms with Gasteiger partial charge in [-0.05, 0) is 101 Å². The van der Waals surface area contributed by atoms with Gasteiger partial charge in [-0.1, -0.05) is 188 Å². The first-order chi connectivity index (χ1) is 37.0. The zero-order chi connectivity index (χ0) is 50.1. The van der Waals surface area contributed by atoms with Gasteiger partial charge < -0.3 is 9.15 Å². The van der Waals surface area contributed by atoms with Gasteiger partial charge in [0.25, 0.3) is 0 Å². The first-order valence-corrected chi connectivity index (χ1v) is 24.8. The number of aromatic nitrogens is 6. The summed E-state index contributed by atoms with van der Waals surface area (Å²) in [5.74, 6) is 5.10. The minimum atomic E-state index is 0.584. The third-order valence-corrected chi connectivity index (χ3v) is 13.4. The van der Waals surface area contributed by atoms with Crippen molar-refractivity contribution >= 4 is 21.9 Å². The summed E-state index contributed by atoms with van der Waals surface area (Å²) < 4.78 is 13.3. The molecule has 0 aliphatic rings. The Morgan fingerprint density at radius 3 is 1.29 bits per heavy atom. The van der Waals surface area contributed by atoms with Crippen molar-refractivity contribution in [2.75, 3.05) is 0 Å². The smallest absolute Gasteiger partial charge is 0.164 e. The van der Waals surface area contributed by atoms with E-state index in [-0.39, 0.29) is 0 Å². The highest BCUT2D eigenvalue weighted by Crippen LogP contribution is 2.42. The molecule has 0 atom stereocenters. The lowest BCUT2D eigenvalue weighted by Gasteiger charge is -2.15. The molecule has 0 spiro atoms. The molecule has 13 aromatic rings. The Morgan fingerprint density at radius 2 is 0.720 bits per heavy atom. The maximum absolute atomic E-state index is 6.70. The lowest BCUT2D eigenvalue weighted by Crippen LogP contribution is -2.00. The SMILES string of the molecule is Cc1ccc(-c2ccc3oc4cccc(-c5cccc(-c6nc(-c7ccccc7)nc(-c7ccccc7)n6)c5)c4c3c2)cc1-c1ccccc1Oc1ccc(-c2nc(-c3ccccc3)nc(-c3ccccc3)n2)cc1. The minimum Gasteiger partial charge on any atom is -0.457 e. The average Bonchev–Trinajstić information content (AvgIpc) is 3.87. The number of aryl methyl sites for hydroxylation is 1. The van der Waals surface area contributed by atoms with Crippen molar-refractivity contribution in [3.63, 3.8) is 0 Å². The lowest BCUT2D eigenvalue weighted by atomic mass is 9.93. The zero-order valence-electron chi connectivity index (χ0n) is 40.7. The minimum absolute atomic E-state index is 0.584. The van der Waals surface area contributed by atoms with E-state index in [0.717, 1.165) is 100 Å². The summed E-state index contributed by atoms with van der Waals surface area (Å²) in [4.78, 5) is 29.6. The monoisotopic (exact) mass is 964 g/mol. The van der Waals surface area contributed by atoms with E-state index in [1.54, 1.807) is 0 Å². The quantitative estimate of drug-likeness (QED) is 0.126. The number of rotatable bonds is 11. The number of nitrogens with zero attached hydrogens (tertiary/aromatic N) is 6. The van der Waals surface area contributed by atoms with Crippen LogP contribution in [0.5, 0.6) is 11.5 Å². The third kappa shape index (κ3) is 8.98. The summed E-state index contributed by atoms with van der Waals surface area (Å²) in [7, 11) is 0. The molecule has 0 saturated carbocycles. The summed E-state index contributed by atoms with van der Waals surface area (Å²) in [6, 6.07) is 84.0. The number of furan rings is 1. The average molecular weight is 965 g/mol. The van der Waals surface area contributed by atoms with Crippen molar-refractivity contribution in [2.45, 2.75) is 6.92 Å². The maximum atomic E-state index is 6.70. The van der Waals surface area contributed by atoms with Gasteiger partial charge in [-0.25, -0.2) is 29.9 Å². The maximum Gasteiger partial charge on any atom is 0.164 e. The molecule has 354 valence electrons. The second-order valence-corrected chi connectivity index (χ2v) is 18.3. The molecule has 0 bridgehead atoms. The number of hydrogen-bond acceptors (Lipinski definition) is 8. The van der Waals surface area contributed by atoms with Gasteiger partial charge in [-0.2, -0.15) is 0 Å². The number of fused-ring (bicyclic) bond motifs is 3. The van der Waals surface area contributed by atoms with Gasteiger partial charge in [0.05, 0.1) is 0 Å². The fourth-order valence-corrected chi connectivity index (χ4v) is 9.62. The van der Waals surface area contributed by atoms with Gasteiger partial charge in [0, 0.05) is 49.7 Å². The molecule has 8 nitrogen and oxygen atoms in total. The molecule has 0 unspecified atom stereocenters. The van der Waals surface area contributed by atoms with Crippen LogP contribution in [0.15, 0.2) is 253 Å². The Balaban J connectivity index is 0.820. The topological polar surface area (TPSA) is 99.7 Å². The molecule has 0 aliphatic carbocycles. The van der Waals surface area contributed by atoms with E-state index in [2.05, 4.69) is 91.9 Å². The van der Waals surface area contributed by atoms with Crippen molar-refractivity contribution in [1.82, 2.24) is 29.9 Å². The van der Waals surface area contributed by atoms with Crippen LogP contribution in [0.3, 0.4) is 0 Å². The van der Waals surface area contributed by atoms with Crippen LogP contribution in [0.4, 0.5) is 0 Å². The fourth-order valence-electron chi connectivity index (χ4n) is 9.62. The van der Waals surface area contributed by atoms with Crippen LogP contribution in [0.2, 0.25) is 0 Å². The van der Waals surface area contributed by atoms with Crippen LogP contribution >= 0.6 is 0 Å². The number of hydrogen-bond donors (Lipinski definition) is 0. The normalized spacial score (nSPS) is 11.3. The van der Waals surface area contributed by atoms with E-state index in [4.69, 9.17) is 39.1 Å². The Hall–Kier alpha value is -10.2. The molecule has 0 aliphatic heterocycles. The molecule has 10 aromatic carbocycles. The molecule has 0 saturated heterocycles. The Bertz CT molecular complexity index is 4090. The van der Waals surface area contributed by atoms with Gasteiger partial charge in [0.15, 0.2) is 34.9 Å². The molecular formula is C67H44N6O2. The highest BCUT2D eigenvalue weighted by atomic mass is 16.5. The number of benzene rings is 10. The lowest BCUT2D eigenvalue weighted by molar-refractivity contribution is 0.484. The van der Waals surface area contributed by atoms with Crippen molar-refractivity contribution in [1.29, 1.82) is 0 Å². The molecule has 75 heavy (non-hydrogen) atoms. The van der Waals surface area contributed by atoms with Gasteiger partial charge in [0.1, 0.15) is 22.7 Å². The van der Waals surface area contributed by atoms with E-state index < -0.39 is 0 Å². The van der Waals surface area contributed by atoms with Crippen LogP contribution in [0, 0.1) is 6.92 Å². The van der Waals surface area contributed by atoms with Crippen molar-refractivity contribution < 1.29 is 9.15 Å². The van der Waals surface area contributed by atoms with Crippen LogP contribution in [-0.2, 0) is 0 Å². The first-order valence-electron chi connectivity index (χ1n) is 24.8. The van der Waals surface area contributed by atoms with Crippen LogP contribution in [-0.4, -0.2) is 29.9 Å². The fraction of sp³-hybridized carbons (Fsp3) is 0.0149. The van der Waals surface area contributed by atoms with Gasteiger partial charge in [0.2, 0.25) is 0 Å². The molecule has 3 heterocycles. The molecule has 13 rings (SSSR count). The summed E-state index contributed by atoms with van der Waals surface area (Å²) in [5.41, 5.74) is 14.5. The predicted octanol–water partition coefficient (Wildman–Crippen LogP) is 17.1. The van der Waals surface area contributed by atoms with Crippen LogP contribution in [0.25, 0.3) is 124 Å². The third-order valence-electron chi connectivity index (χ3n) is 13.4. The van der Waals surface area contributed by atoms with E-state index in [0.29, 0.717) is 40.7 Å². The highest BCUT2D eigenvalue weighted by molar-refractivity contribution is 6.13. The van der Waals surface area contributed by atoms with Gasteiger partial charge in [-0.15, -0.1) is 0 Å². The van der Waals surface area contributed by atoms with Gasteiger partial charge in [-0.3, -0.25) is 0 Å². The first kappa shape index (κ1) is 44.7.